The molecular formula is C22H21FN4O3S. The highest BCUT2D eigenvalue weighted by Gasteiger charge is 2.27. The van der Waals surface area contributed by atoms with Gasteiger partial charge in [-0.15, -0.1) is 0 Å². The number of nitrogens with zero attached hydrogens (tertiary/aromatic N) is 3. The Hall–Kier alpha value is -3.17. The number of benzene rings is 2. The summed E-state index contributed by atoms with van der Waals surface area (Å²) in [5.41, 5.74) is 1.26. The van der Waals surface area contributed by atoms with E-state index in [9.17, 15) is 17.6 Å². The Morgan fingerprint density at radius 3 is 2.19 bits per heavy atom. The molecule has 7 nitrogen and oxygen atoms in total. The summed E-state index contributed by atoms with van der Waals surface area (Å²) >= 11 is 0. The standard InChI is InChI=1S/C22H21FN4O3S/c23-18-6-8-20(9-7-18)31(29,30)26-19-10-12-27(13-11-19)22(28)17-14-24-21(25-15-17)16-4-2-1-3-5-16/h1-9,14-15,19,26H,10-13H2. The third kappa shape index (κ3) is 4.95. The maximum Gasteiger partial charge on any atom is 0.256 e. The number of sulfonamides is 1. The largest absolute Gasteiger partial charge is 0.338 e. The Balaban J connectivity index is 1.35. The van der Waals surface area contributed by atoms with Crippen LogP contribution in [0.25, 0.3) is 11.4 Å². The molecule has 4 rings (SSSR count). The van der Waals surface area contributed by atoms with Crippen molar-refractivity contribution in [2.24, 2.45) is 0 Å². The van der Waals surface area contributed by atoms with Crippen molar-refractivity contribution < 1.29 is 17.6 Å². The van der Waals surface area contributed by atoms with Gasteiger partial charge in [-0.05, 0) is 37.1 Å². The van der Waals surface area contributed by atoms with E-state index in [2.05, 4.69) is 14.7 Å². The molecular weight excluding hydrogens is 419 g/mol. The van der Waals surface area contributed by atoms with Gasteiger partial charge in [-0.25, -0.2) is 27.5 Å². The molecule has 2 heterocycles. The van der Waals surface area contributed by atoms with E-state index >= 15 is 0 Å². The molecule has 1 aromatic heterocycles. The van der Waals surface area contributed by atoms with Crippen molar-refractivity contribution in [3.63, 3.8) is 0 Å². The fourth-order valence-electron chi connectivity index (χ4n) is 3.46. The number of carbonyl (C=O) groups excluding carboxylic acids is 1. The monoisotopic (exact) mass is 440 g/mol. The van der Waals surface area contributed by atoms with E-state index in [0.717, 1.165) is 17.7 Å². The van der Waals surface area contributed by atoms with Crippen molar-refractivity contribution in [2.45, 2.75) is 23.8 Å². The lowest BCUT2D eigenvalue weighted by molar-refractivity contribution is 0.0710. The molecule has 160 valence electrons. The summed E-state index contributed by atoms with van der Waals surface area (Å²) in [4.78, 5) is 23.0. The zero-order chi connectivity index (χ0) is 21.8. The van der Waals surface area contributed by atoms with Crippen LogP contribution in [0.1, 0.15) is 23.2 Å². The third-order valence-electron chi connectivity index (χ3n) is 5.16. The summed E-state index contributed by atoms with van der Waals surface area (Å²) in [6.45, 7) is 0.825. The Morgan fingerprint density at radius 1 is 0.968 bits per heavy atom. The first kappa shape index (κ1) is 21.1. The number of likely N-dealkylation sites (tertiary alicyclic amines) is 1. The average molecular weight is 441 g/mol. The van der Waals surface area contributed by atoms with Gasteiger partial charge in [0.05, 0.1) is 10.5 Å². The van der Waals surface area contributed by atoms with E-state index in [1.807, 2.05) is 30.3 Å². The van der Waals surface area contributed by atoms with Crippen LogP contribution in [0.5, 0.6) is 0 Å². The molecule has 0 bridgehead atoms. The SMILES string of the molecule is O=C(c1cnc(-c2ccccc2)nc1)N1CCC(NS(=O)(=O)c2ccc(F)cc2)CC1. The fourth-order valence-corrected chi connectivity index (χ4v) is 4.76. The van der Waals surface area contributed by atoms with Crippen molar-refractivity contribution in [1.29, 1.82) is 0 Å². The molecule has 1 fully saturated rings. The van der Waals surface area contributed by atoms with Crippen LogP contribution >= 0.6 is 0 Å². The van der Waals surface area contributed by atoms with Gasteiger partial charge in [0.2, 0.25) is 10.0 Å². The molecule has 31 heavy (non-hydrogen) atoms. The molecule has 2 aromatic carbocycles. The van der Waals surface area contributed by atoms with Gasteiger partial charge in [-0.2, -0.15) is 0 Å². The van der Waals surface area contributed by atoms with Crippen molar-refractivity contribution in [3.8, 4) is 11.4 Å². The second-order valence-corrected chi connectivity index (χ2v) is 9.02. The third-order valence-corrected chi connectivity index (χ3v) is 6.70. The molecule has 1 aliphatic heterocycles. The number of halogens is 1. The highest BCUT2D eigenvalue weighted by atomic mass is 32.2. The van der Waals surface area contributed by atoms with Crippen molar-refractivity contribution >= 4 is 15.9 Å². The van der Waals surface area contributed by atoms with Crippen LogP contribution in [-0.2, 0) is 10.0 Å². The Bertz CT molecular complexity index is 1150. The van der Waals surface area contributed by atoms with E-state index in [1.165, 1.54) is 24.5 Å². The number of rotatable bonds is 5. The first-order valence-electron chi connectivity index (χ1n) is 9.87. The van der Waals surface area contributed by atoms with Crippen molar-refractivity contribution in [3.05, 3.63) is 78.4 Å². The lowest BCUT2D eigenvalue weighted by Crippen LogP contribution is -2.46. The summed E-state index contributed by atoms with van der Waals surface area (Å²) in [6.07, 6.45) is 3.99. The average Bonchev–Trinajstić information content (AvgIpc) is 2.80. The van der Waals surface area contributed by atoms with Crippen LogP contribution < -0.4 is 4.72 Å². The Kier molecular flexibility index (Phi) is 6.06. The van der Waals surface area contributed by atoms with Gasteiger partial charge in [0.1, 0.15) is 5.82 Å². The number of hydrogen-bond acceptors (Lipinski definition) is 5. The highest BCUT2D eigenvalue weighted by molar-refractivity contribution is 7.89. The fraction of sp³-hybridized carbons (Fsp3) is 0.227. The first-order valence-corrected chi connectivity index (χ1v) is 11.4. The maximum absolute atomic E-state index is 13.0. The molecule has 3 aromatic rings. The molecule has 1 saturated heterocycles. The number of amides is 1. The molecule has 0 spiro atoms. The number of aromatic nitrogens is 2. The van der Waals surface area contributed by atoms with Crippen LogP contribution in [0.2, 0.25) is 0 Å². The Morgan fingerprint density at radius 2 is 1.58 bits per heavy atom. The van der Waals surface area contributed by atoms with Crippen LogP contribution in [-0.4, -0.2) is 48.3 Å². The van der Waals surface area contributed by atoms with E-state index in [1.54, 1.807) is 4.90 Å². The zero-order valence-corrected chi connectivity index (χ0v) is 17.4. The number of piperidine rings is 1. The predicted molar refractivity (Wildman–Crippen MR) is 113 cm³/mol. The number of carbonyl (C=O) groups is 1. The molecule has 0 atom stereocenters. The minimum atomic E-state index is -3.74. The minimum Gasteiger partial charge on any atom is -0.338 e. The predicted octanol–water partition coefficient (Wildman–Crippen LogP) is 2.87. The molecule has 0 radical (unpaired) electrons. The first-order chi connectivity index (χ1) is 14.9. The van der Waals surface area contributed by atoms with E-state index in [4.69, 9.17) is 0 Å². The maximum atomic E-state index is 13.0. The van der Waals surface area contributed by atoms with Gasteiger partial charge < -0.3 is 4.90 Å². The van der Waals surface area contributed by atoms with Crippen LogP contribution in [0.15, 0.2) is 71.9 Å². The van der Waals surface area contributed by atoms with Crippen LogP contribution in [0.3, 0.4) is 0 Å². The Labute approximate surface area is 180 Å². The summed E-state index contributed by atoms with van der Waals surface area (Å²) in [6, 6.07) is 13.9. The second kappa shape index (κ2) is 8.91. The van der Waals surface area contributed by atoms with Crippen LogP contribution in [0.4, 0.5) is 4.39 Å². The van der Waals surface area contributed by atoms with Gasteiger partial charge in [0.15, 0.2) is 5.82 Å². The molecule has 1 N–H and O–H groups in total. The lowest BCUT2D eigenvalue weighted by Gasteiger charge is -2.32. The lowest BCUT2D eigenvalue weighted by atomic mass is 10.1. The van der Waals surface area contributed by atoms with Gasteiger partial charge in [0, 0.05) is 37.1 Å². The summed E-state index contributed by atoms with van der Waals surface area (Å²) < 4.78 is 40.6. The van der Waals surface area contributed by atoms with Gasteiger partial charge >= 0.3 is 0 Å². The smallest absolute Gasteiger partial charge is 0.256 e. The highest BCUT2D eigenvalue weighted by Crippen LogP contribution is 2.18. The molecule has 0 saturated carbocycles. The van der Waals surface area contributed by atoms with E-state index in [0.29, 0.717) is 37.3 Å². The minimum absolute atomic E-state index is 0.0167. The number of hydrogen-bond donors (Lipinski definition) is 1. The van der Waals surface area contributed by atoms with Crippen molar-refractivity contribution in [1.82, 2.24) is 19.6 Å². The number of nitrogens with one attached hydrogen (secondary N) is 1. The van der Waals surface area contributed by atoms with Gasteiger partial charge in [-0.3, -0.25) is 4.79 Å². The van der Waals surface area contributed by atoms with E-state index < -0.39 is 15.8 Å². The topological polar surface area (TPSA) is 92.3 Å². The quantitative estimate of drug-likeness (QED) is 0.659. The van der Waals surface area contributed by atoms with Crippen LogP contribution in [0, 0.1) is 5.82 Å². The molecule has 0 unspecified atom stereocenters. The van der Waals surface area contributed by atoms with E-state index in [-0.39, 0.29) is 16.8 Å². The molecule has 0 aliphatic carbocycles. The molecule has 1 aliphatic rings. The van der Waals surface area contributed by atoms with Gasteiger partial charge in [-0.1, -0.05) is 30.3 Å². The summed E-state index contributed by atoms with van der Waals surface area (Å²) in [7, 11) is -3.74. The summed E-state index contributed by atoms with van der Waals surface area (Å²) in [5.74, 6) is -0.128. The van der Waals surface area contributed by atoms with Crippen molar-refractivity contribution in [2.75, 3.05) is 13.1 Å². The molecule has 1 amide bonds. The summed E-state index contributed by atoms with van der Waals surface area (Å²) in [5, 5.41) is 0. The zero-order valence-electron chi connectivity index (χ0n) is 16.6. The molecule has 9 heteroatoms. The van der Waals surface area contributed by atoms with Gasteiger partial charge in [0.25, 0.3) is 5.91 Å². The second-order valence-electron chi connectivity index (χ2n) is 7.30. The normalized spacial score (nSPS) is 15.1.